The van der Waals surface area contributed by atoms with Crippen LogP contribution in [0.2, 0.25) is 0 Å². The van der Waals surface area contributed by atoms with Gasteiger partial charge in [0.25, 0.3) is 0 Å². The van der Waals surface area contributed by atoms with Crippen LogP contribution in [-0.4, -0.2) is 11.1 Å². The van der Waals surface area contributed by atoms with Gasteiger partial charge in [-0.2, -0.15) is 0 Å². The van der Waals surface area contributed by atoms with Crippen molar-refractivity contribution in [1.82, 2.24) is 0 Å². The van der Waals surface area contributed by atoms with E-state index in [1.54, 1.807) is 6.07 Å². The summed E-state index contributed by atoms with van der Waals surface area (Å²) in [4.78, 5) is 11.1. The zero-order chi connectivity index (χ0) is 13.6. The third kappa shape index (κ3) is 1.82. The second kappa shape index (κ2) is 4.19. The van der Waals surface area contributed by atoms with Gasteiger partial charge in [0, 0.05) is 11.5 Å². The maximum Gasteiger partial charge on any atom is 0.304 e. The minimum Gasteiger partial charge on any atom is -0.481 e. The number of halogens is 1. The first-order valence-electron chi connectivity index (χ1n) is 6.19. The molecule has 1 aliphatic rings. The van der Waals surface area contributed by atoms with Crippen LogP contribution in [0.5, 0.6) is 0 Å². The molecule has 19 heavy (non-hydrogen) atoms. The fourth-order valence-electron chi connectivity index (χ4n) is 2.88. The average molecular weight is 256 g/mol. The molecule has 0 aliphatic heterocycles. The molecule has 2 nitrogen and oxygen atoms in total. The second-order valence-corrected chi connectivity index (χ2v) is 4.95. The van der Waals surface area contributed by atoms with Gasteiger partial charge in [-0.25, -0.2) is 4.39 Å². The zero-order valence-corrected chi connectivity index (χ0v) is 10.5. The van der Waals surface area contributed by atoms with Crippen molar-refractivity contribution in [2.24, 2.45) is 0 Å². The summed E-state index contributed by atoms with van der Waals surface area (Å²) in [5.41, 5.74) is 4.14. The highest BCUT2D eigenvalue weighted by Crippen LogP contribution is 2.47. The number of aryl methyl sites for hydroxylation is 1. The van der Waals surface area contributed by atoms with Crippen LogP contribution in [0.1, 0.15) is 29.0 Å². The number of carboxylic acid groups (broad SMARTS) is 1. The van der Waals surface area contributed by atoms with Gasteiger partial charge < -0.3 is 5.11 Å². The third-order valence-corrected chi connectivity index (χ3v) is 3.65. The number of hydrogen-bond donors (Lipinski definition) is 1. The fraction of sp³-hybridized carbons (Fsp3) is 0.188. The Bertz CT molecular complexity index is 676. The van der Waals surface area contributed by atoms with Gasteiger partial charge in [0.15, 0.2) is 0 Å². The standard InChI is InChI=1S/C16H13FO2/c1-9-5-6-11-12(7-9)13(8-15(18)19)10-3-2-4-14(17)16(10)11/h2-7,13H,8H2,1H3,(H,18,19). The van der Waals surface area contributed by atoms with Crippen molar-refractivity contribution >= 4 is 5.97 Å². The summed E-state index contributed by atoms with van der Waals surface area (Å²) in [7, 11) is 0. The van der Waals surface area contributed by atoms with Crippen molar-refractivity contribution in [3.05, 3.63) is 58.9 Å². The van der Waals surface area contributed by atoms with Crippen molar-refractivity contribution < 1.29 is 14.3 Å². The number of carbonyl (C=O) groups is 1. The number of rotatable bonds is 2. The molecule has 3 rings (SSSR count). The van der Waals surface area contributed by atoms with E-state index in [1.807, 2.05) is 31.2 Å². The highest BCUT2D eigenvalue weighted by molar-refractivity contribution is 5.82. The van der Waals surface area contributed by atoms with Gasteiger partial charge in [-0.05, 0) is 29.7 Å². The summed E-state index contributed by atoms with van der Waals surface area (Å²) in [6, 6.07) is 10.7. The molecule has 2 aromatic carbocycles. The highest BCUT2D eigenvalue weighted by Gasteiger charge is 2.32. The molecule has 2 aromatic rings. The minimum absolute atomic E-state index is 0.00704. The lowest BCUT2D eigenvalue weighted by Gasteiger charge is -2.11. The van der Waals surface area contributed by atoms with E-state index in [0.29, 0.717) is 5.56 Å². The van der Waals surface area contributed by atoms with Gasteiger partial charge in [-0.3, -0.25) is 4.79 Å². The normalized spacial score (nSPS) is 16.0. The molecule has 0 amide bonds. The third-order valence-electron chi connectivity index (χ3n) is 3.65. The van der Waals surface area contributed by atoms with Crippen molar-refractivity contribution in [2.75, 3.05) is 0 Å². The van der Waals surface area contributed by atoms with Crippen LogP contribution in [0.4, 0.5) is 4.39 Å². The van der Waals surface area contributed by atoms with Gasteiger partial charge in [-0.15, -0.1) is 0 Å². The monoisotopic (exact) mass is 256 g/mol. The molecule has 0 saturated heterocycles. The van der Waals surface area contributed by atoms with E-state index in [-0.39, 0.29) is 18.2 Å². The smallest absolute Gasteiger partial charge is 0.304 e. The van der Waals surface area contributed by atoms with Gasteiger partial charge in [0.2, 0.25) is 0 Å². The largest absolute Gasteiger partial charge is 0.481 e. The summed E-state index contributed by atoms with van der Waals surface area (Å²) in [5, 5.41) is 9.07. The first-order valence-corrected chi connectivity index (χ1v) is 6.19. The molecule has 1 N–H and O–H groups in total. The first-order chi connectivity index (χ1) is 9.08. The molecule has 0 saturated carbocycles. The van der Waals surface area contributed by atoms with E-state index in [9.17, 15) is 9.18 Å². The van der Waals surface area contributed by atoms with Gasteiger partial charge in [-0.1, -0.05) is 35.9 Å². The molecule has 0 bridgehead atoms. The Kier molecular flexibility index (Phi) is 2.63. The lowest BCUT2D eigenvalue weighted by molar-refractivity contribution is -0.137. The molecule has 0 heterocycles. The van der Waals surface area contributed by atoms with Gasteiger partial charge in [0.1, 0.15) is 5.82 Å². The molecular formula is C16H13FO2. The van der Waals surface area contributed by atoms with Crippen molar-refractivity contribution in [2.45, 2.75) is 19.3 Å². The lowest BCUT2D eigenvalue weighted by Crippen LogP contribution is -2.05. The predicted molar refractivity (Wildman–Crippen MR) is 70.7 cm³/mol. The average Bonchev–Trinajstić information content (AvgIpc) is 2.64. The van der Waals surface area contributed by atoms with Crippen molar-refractivity contribution in [3.63, 3.8) is 0 Å². The maximum absolute atomic E-state index is 14.0. The van der Waals surface area contributed by atoms with Crippen LogP contribution in [-0.2, 0) is 4.79 Å². The van der Waals surface area contributed by atoms with Crippen LogP contribution in [0.15, 0.2) is 36.4 Å². The topological polar surface area (TPSA) is 37.3 Å². The zero-order valence-electron chi connectivity index (χ0n) is 10.5. The summed E-state index contributed by atoms with van der Waals surface area (Å²) in [5.74, 6) is -1.40. The van der Waals surface area contributed by atoms with Gasteiger partial charge >= 0.3 is 5.97 Å². The molecule has 0 aromatic heterocycles. The fourth-order valence-corrected chi connectivity index (χ4v) is 2.88. The van der Waals surface area contributed by atoms with E-state index in [1.165, 1.54) is 6.07 Å². The SMILES string of the molecule is Cc1ccc2c(c1)C(CC(=O)O)c1cccc(F)c1-2. The molecule has 0 spiro atoms. The molecule has 96 valence electrons. The summed E-state index contributed by atoms with van der Waals surface area (Å²) in [6.07, 6.45) is -0.00704. The molecule has 1 aliphatic carbocycles. The Labute approximate surface area is 110 Å². The molecular weight excluding hydrogens is 243 g/mol. The number of aliphatic carboxylic acids is 1. The van der Waals surface area contributed by atoms with Crippen LogP contribution >= 0.6 is 0 Å². The van der Waals surface area contributed by atoms with Crippen molar-refractivity contribution in [1.29, 1.82) is 0 Å². The molecule has 0 fully saturated rings. The predicted octanol–water partition coefficient (Wildman–Crippen LogP) is 3.72. The van der Waals surface area contributed by atoms with E-state index in [0.717, 1.165) is 22.3 Å². The molecule has 3 heteroatoms. The lowest BCUT2D eigenvalue weighted by atomic mass is 9.93. The van der Waals surface area contributed by atoms with E-state index >= 15 is 0 Å². The Morgan fingerprint density at radius 2 is 2.05 bits per heavy atom. The van der Waals surface area contributed by atoms with Crippen LogP contribution < -0.4 is 0 Å². The second-order valence-electron chi connectivity index (χ2n) is 4.95. The summed E-state index contributed by atoms with van der Waals surface area (Å²) in [6.45, 7) is 1.96. The number of carboxylic acids is 1. The van der Waals surface area contributed by atoms with Gasteiger partial charge in [0.05, 0.1) is 6.42 Å². The molecule has 0 radical (unpaired) electrons. The molecule has 1 atom stereocenters. The van der Waals surface area contributed by atoms with Crippen LogP contribution in [0, 0.1) is 12.7 Å². The Morgan fingerprint density at radius 1 is 1.26 bits per heavy atom. The van der Waals surface area contributed by atoms with E-state index in [4.69, 9.17) is 5.11 Å². The minimum atomic E-state index is -0.866. The number of benzene rings is 2. The Hall–Kier alpha value is -2.16. The summed E-state index contributed by atoms with van der Waals surface area (Å²) >= 11 is 0. The van der Waals surface area contributed by atoms with E-state index < -0.39 is 5.97 Å². The maximum atomic E-state index is 14.0. The first kappa shape index (κ1) is 11.9. The quantitative estimate of drug-likeness (QED) is 0.889. The number of fused-ring (bicyclic) bond motifs is 3. The number of hydrogen-bond acceptors (Lipinski definition) is 1. The van der Waals surface area contributed by atoms with Crippen LogP contribution in [0.3, 0.4) is 0 Å². The van der Waals surface area contributed by atoms with E-state index in [2.05, 4.69) is 0 Å². The highest BCUT2D eigenvalue weighted by atomic mass is 19.1. The molecule has 1 unspecified atom stereocenters. The Morgan fingerprint density at radius 3 is 2.79 bits per heavy atom. The Balaban J connectivity index is 2.26. The van der Waals surface area contributed by atoms with Crippen LogP contribution in [0.25, 0.3) is 11.1 Å². The van der Waals surface area contributed by atoms with Crippen molar-refractivity contribution in [3.8, 4) is 11.1 Å². The summed E-state index contributed by atoms with van der Waals surface area (Å²) < 4.78 is 14.0.